The van der Waals surface area contributed by atoms with Gasteiger partial charge >= 0.3 is 0 Å². The third-order valence-corrected chi connectivity index (χ3v) is 10.3. The summed E-state index contributed by atoms with van der Waals surface area (Å²) >= 11 is 0. The number of amides is 2. The predicted octanol–water partition coefficient (Wildman–Crippen LogP) is 6.02. The Morgan fingerprint density at radius 3 is 1.77 bits per heavy atom. The summed E-state index contributed by atoms with van der Waals surface area (Å²) in [7, 11) is 0. The topological polar surface area (TPSA) is 207 Å². The first-order chi connectivity index (χ1) is 29.8. The molecule has 8 aromatic rings. The molecule has 1 aliphatic heterocycles. The maximum Gasteiger partial charge on any atom is 0.254 e. The number of nitrogens with one attached hydrogen (secondary N) is 5. The van der Waals surface area contributed by atoms with Gasteiger partial charge in [-0.1, -0.05) is 0 Å². The van der Waals surface area contributed by atoms with Crippen molar-refractivity contribution >= 4 is 70.1 Å². The molecular weight excluding hydrogens is 775 g/mol. The molecule has 5 N–H and O–H groups in total. The number of aromatic nitrogens is 10. The average Bonchev–Trinajstić information content (AvgIpc) is 3.86. The summed E-state index contributed by atoms with van der Waals surface area (Å²) < 4.78 is 7.04. The molecule has 304 valence electrons. The van der Waals surface area contributed by atoms with Crippen molar-refractivity contribution < 1.29 is 14.4 Å². The van der Waals surface area contributed by atoms with Crippen LogP contribution in [0.2, 0.25) is 0 Å². The molecule has 0 bridgehead atoms. The second-order valence-electron chi connectivity index (χ2n) is 15.0. The van der Waals surface area contributed by atoms with Crippen LogP contribution in [0.3, 0.4) is 0 Å². The highest BCUT2D eigenvalue weighted by Crippen LogP contribution is 2.31. The highest BCUT2D eigenvalue weighted by molar-refractivity contribution is 6.15. The van der Waals surface area contributed by atoms with Crippen molar-refractivity contribution in [3.63, 3.8) is 0 Å². The minimum Gasteiger partial charge on any atom is -0.367 e. The molecule has 2 saturated carbocycles. The van der Waals surface area contributed by atoms with Crippen LogP contribution in [0.5, 0.6) is 0 Å². The van der Waals surface area contributed by atoms with Crippen molar-refractivity contribution in [2.75, 3.05) is 21.3 Å². The SMILES string of the molecule is Cc1nn2c(NC3CC3)cc(Nc3ccc(-n4cccn4)cc3)nc2c1C=O.O=C1C/C(=C\c2cnn3c(NC4CC4)cc(Nc4ccc(-n5cccn5)cc4)nc23)C(=O)N1. The quantitative estimate of drug-likeness (QED) is 0.0545. The molecule has 0 atom stereocenters. The number of nitrogens with zero attached hydrogens (tertiary/aromatic N) is 10. The minimum atomic E-state index is -0.373. The summed E-state index contributed by atoms with van der Waals surface area (Å²) in [6, 6.07) is 24.3. The number of carbonyl (C=O) groups is 3. The van der Waals surface area contributed by atoms with E-state index in [0.717, 1.165) is 66.4 Å². The summed E-state index contributed by atoms with van der Waals surface area (Å²) in [6.07, 6.45) is 16.0. The number of fused-ring (bicyclic) bond motifs is 2. The summed E-state index contributed by atoms with van der Waals surface area (Å²) in [5.41, 5.74) is 7.11. The first-order valence-electron chi connectivity index (χ1n) is 19.9. The zero-order chi connectivity index (χ0) is 41.5. The van der Waals surface area contributed by atoms with Gasteiger partial charge in [-0.05, 0) is 99.3 Å². The lowest BCUT2D eigenvalue weighted by atomic mass is 10.1. The van der Waals surface area contributed by atoms with Crippen molar-refractivity contribution in [1.82, 2.24) is 54.1 Å². The molecule has 18 heteroatoms. The van der Waals surface area contributed by atoms with Gasteiger partial charge in [-0.25, -0.2) is 19.3 Å². The van der Waals surface area contributed by atoms with Crippen LogP contribution in [-0.2, 0) is 9.59 Å². The maximum atomic E-state index is 12.0. The fourth-order valence-corrected chi connectivity index (χ4v) is 6.91. The van der Waals surface area contributed by atoms with Crippen LogP contribution in [0, 0.1) is 6.92 Å². The van der Waals surface area contributed by atoms with E-state index in [0.29, 0.717) is 57.4 Å². The van der Waals surface area contributed by atoms with Crippen molar-refractivity contribution in [3.8, 4) is 11.4 Å². The largest absolute Gasteiger partial charge is 0.367 e. The third-order valence-electron chi connectivity index (χ3n) is 10.3. The van der Waals surface area contributed by atoms with E-state index in [4.69, 9.17) is 4.98 Å². The van der Waals surface area contributed by atoms with E-state index in [1.165, 1.54) is 0 Å². The number of hydrogen-bond donors (Lipinski definition) is 5. The van der Waals surface area contributed by atoms with Gasteiger partial charge in [0.15, 0.2) is 17.6 Å². The second kappa shape index (κ2) is 15.6. The van der Waals surface area contributed by atoms with E-state index in [-0.39, 0.29) is 18.2 Å². The molecular formula is C43H39N15O3. The van der Waals surface area contributed by atoms with Crippen LogP contribution in [0.25, 0.3) is 28.7 Å². The molecule has 11 rings (SSSR count). The molecule has 0 unspecified atom stereocenters. The Morgan fingerprint density at radius 1 is 0.721 bits per heavy atom. The Bertz CT molecular complexity index is 2940. The number of benzene rings is 2. The first-order valence-corrected chi connectivity index (χ1v) is 19.9. The van der Waals surface area contributed by atoms with Gasteiger partial charge in [-0.3, -0.25) is 19.7 Å². The van der Waals surface area contributed by atoms with Crippen LogP contribution in [0.15, 0.2) is 109 Å². The van der Waals surface area contributed by atoms with Gasteiger partial charge in [0.1, 0.15) is 23.3 Å². The van der Waals surface area contributed by atoms with Crippen LogP contribution >= 0.6 is 0 Å². The Hall–Kier alpha value is -8.15. The standard InChI is InChI=1S/C23H20N8O2.C20H19N7O/c32-21-11-14(23(33)29-21)10-15-13-25-31-20(27-17-2-3-17)12-19(28-22(15)31)26-16-4-6-18(7-5-16)30-9-1-8-24-30;1-13-17(12-28)20-24-18(11-19(27(20)25-13)23-15-3-4-15)22-14-5-7-16(8-6-14)26-10-2-9-21-26/h1,4-10,12-13,17,27H,2-3,11H2,(H,26,28)(H,29,32,33);2,5-12,15,23H,3-4H2,1H3,(H,22,24)/b14-10+;. The molecule has 3 aliphatic rings. The summed E-state index contributed by atoms with van der Waals surface area (Å²) in [5, 5.41) is 33.4. The van der Waals surface area contributed by atoms with E-state index in [2.05, 4.69) is 52.0 Å². The lowest BCUT2D eigenvalue weighted by Gasteiger charge is -2.12. The predicted molar refractivity (Wildman–Crippen MR) is 229 cm³/mol. The number of carbonyl (C=O) groups excluding carboxylic acids is 3. The van der Waals surface area contributed by atoms with Crippen LogP contribution in [0.4, 0.5) is 34.6 Å². The normalized spacial score (nSPS) is 15.5. The highest BCUT2D eigenvalue weighted by Gasteiger charge is 2.26. The van der Waals surface area contributed by atoms with Gasteiger partial charge in [-0.2, -0.15) is 29.4 Å². The van der Waals surface area contributed by atoms with Crippen molar-refractivity contribution in [2.45, 2.75) is 51.1 Å². The number of anilines is 6. The number of aryl methyl sites for hydroxylation is 1. The lowest BCUT2D eigenvalue weighted by Crippen LogP contribution is -2.19. The monoisotopic (exact) mass is 813 g/mol. The Morgan fingerprint density at radius 2 is 1.28 bits per heavy atom. The van der Waals surface area contributed by atoms with Gasteiger partial charge in [0.2, 0.25) is 5.91 Å². The minimum absolute atomic E-state index is 0.0594. The summed E-state index contributed by atoms with van der Waals surface area (Å²) in [4.78, 5) is 44.5. The molecule has 6 aromatic heterocycles. The van der Waals surface area contributed by atoms with Crippen molar-refractivity contribution in [1.29, 1.82) is 0 Å². The van der Waals surface area contributed by atoms with Gasteiger partial charge in [0.05, 0.1) is 35.2 Å². The third kappa shape index (κ3) is 8.01. The van der Waals surface area contributed by atoms with Crippen LogP contribution < -0.4 is 26.6 Å². The maximum absolute atomic E-state index is 12.0. The molecule has 61 heavy (non-hydrogen) atoms. The molecule has 7 heterocycles. The molecule has 1 saturated heterocycles. The summed E-state index contributed by atoms with van der Waals surface area (Å²) in [6.45, 7) is 1.82. The molecule has 3 fully saturated rings. The van der Waals surface area contributed by atoms with Gasteiger partial charge in [0.25, 0.3) is 5.91 Å². The smallest absolute Gasteiger partial charge is 0.254 e. The zero-order valence-electron chi connectivity index (χ0n) is 32.9. The number of imide groups is 1. The highest BCUT2D eigenvalue weighted by atomic mass is 16.2. The van der Waals surface area contributed by atoms with E-state index in [9.17, 15) is 14.4 Å². The molecule has 2 aromatic carbocycles. The van der Waals surface area contributed by atoms with E-state index >= 15 is 0 Å². The van der Waals surface area contributed by atoms with Crippen molar-refractivity contribution in [3.05, 3.63) is 126 Å². The number of aldehydes is 1. The Balaban J connectivity index is 0.000000148. The van der Waals surface area contributed by atoms with E-state index in [1.807, 2.05) is 92.1 Å². The van der Waals surface area contributed by atoms with Crippen molar-refractivity contribution in [2.24, 2.45) is 0 Å². The lowest BCUT2D eigenvalue weighted by molar-refractivity contribution is -0.124. The second-order valence-corrected chi connectivity index (χ2v) is 15.0. The fourth-order valence-electron chi connectivity index (χ4n) is 6.91. The molecule has 2 amide bonds. The molecule has 0 spiro atoms. The fraction of sp³-hybridized carbons (Fsp3) is 0.186. The zero-order valence-corrected chi connectivity index (χ0v) is 32.9. The Kier molecular flexibility index (Phi) is 9.47. The molecule has 2 aliphatic carbocycles. The Labute approximate surface area is 347 Å². The van der Waals surface area contributed by atoms with E-state index in [1.54, 1.807) is 43.1 Å². The van der Waals surface area contributed by atoms with Gasteiger partial charge in [-0.15, -0.1) is 0 Å². The number of hydrogen-bond acceptors (Lipinski definition) is 13. The van der Waals surface area contributed by atoms with Gasteiger partial charge in [0, 0.05) is 71.5 Å². The average molecular weight is 814 g/mol. The number of rotatable bonds is 12. The van der Waals surface area contributed by atoms with Crippen LogP contribution in [0.1, 0.15) is 53.7 Å². The van der Waals surface area contributed by atoms with Gasteiger partial charge < -0.3 is 21.3 Å². The molecule has 18 nitrogen and oxygen atoms in total. The van der Waals surface area contributed by atoms with E-state index < -0.39 is 0 Å². The first kappa shape index (κ1) is 37.1. The summed E-state index contributed by atoms with van der Waals surface area (Å²) in [5.74, 6) is 2.28. The van der Waals surface area contributed by atoms with Crippen LogP contribution in [-0.4, -0.2) is 78.9 Å². The molecule has 0 radical (unpaired) electrons.